The highest BCUT2D eigenvalue weighted by Crippen LogP contribution is 2.19. The molecule has 0 aliphatic carbocycles. The van der Waals surface area contributed by atoms with Crippen molar-refractivity contribution < 1.29 is 17.4 Å². The molecule has 3 aromatic rings. The van der Waals surface area contributed by atoms with Crippen LogP contribution in [0.3, 0.4) is 0 Å². The Morgan fingerprint density at radius 2 is 1.68 bits per heavy atom. The van der Waals surface area contributed by atoms with Crippen LogP contribution in [0, 0.1) is 6.92 Å². The average molecular weight is 455 g/mol. The molecule has 6 nitrogen and oxygen atoms in total. The van der Waals surface area contributed by atoms with Crippen molar-refractivity contribution in [3.63, 3.8) is 0 Å². The summed E-state index contributed by atoms with van der Waals surface area (Å²) >= 11 is 1.51. The largest absolute Gasteiger partial charge is 0.379 e. The van der Waals surface area contributed by atoms with Crippen LogP contribution in [-0.2, 0) is 20.7 Å². The predicted octanol–water partition coefficient (Wildman–Crippen LogP) is 4.15. The first kappa shape index (κ1) is 22.6. The van der Waals surface area contributed by atoms with E-state index in [1.807, 2.05) is 37.3 Å². The van der Waals surface area contributed by atoms with Crippen molar-refractivity contribution >= 4 is 34.0 Å². The van der Waals surface area contributed by atoms with Crippen LogP contribution in [0.2, 0.25) is 0 Å². The summed E-state index contributed by atoms with van der Waals surface area (Å²) in [4.78, 5) is 12.0. The van der Waals surface area contributed by atoms with E-state index in [2.05, 4.69) is 10.5 Å². The predicted molar refractivity (Wildman–Crippen MR) is 124 cm³/mol. The fourth-order valence-electron chi connectivity index (χ4n) is 2.54. The maximum atomic E-state index is 12.3. The molecule has 0 aromatic heterocycles. The molecular weight excluding hydrogens is 432 g/mol. The molecule has 0 saturated carbocycles. The van der Waals surface area contributed by atoms with E-state index in [0.717, 1.165) is 16.9 Å². The summed E-state index contributed by atoms with van der Waals surface area (Å²) in [7, 11) is -3.89. The molecule has 1 N–H and O–H groups in total. The van der Waals surface area contributed by atoms with Gasteiger partial charge in [-0.05, 0) is 54.4 Å². The number of nitrogens with zero attached hydrogens (tertiary/aromatic N) is 1. The molecule has 0 unspecified atom stereocenters. The number of thioether (sulfide) groups is 1. The first-order chi connectivity index (χ1) is 14.9. The van der Waals surface area contributed by atoms with Crippen LogP contribution in [0.15, 0.2) is 88.9 Å². The minimum Gasteiger partial charge on any atom is -0.379 e. The second-order valence-corrected chi connectivity index (χ2v) is 9.22. The number of rotatable bonds is 9. The van der Waals surface area contributed by atoms with Crippen LogP contribution in [0.25, 0.3) is 0 Å². The Labute approximate surface area is 186 Å². The van der Waals surface area contributed by atoms with Crippen molar-refractivity contribution in [3.05, 3.63) is 95.6 Å². The molecular formula is C23H22N2O4S2. The maximum Gasteiger partial charge on any atom is 0.339 e. The van der Waals surface area contributed by atoms with E-state index in [4.69, 9.17) is 4.18 Å². The molecule has 8 heteroatoms. The summed E-state index contributed by atoms with van der Waals surface area (Å²) in [5, 5.41) is 3.93. The highest BCUT2D eigenvalue weighted by Gasteiger charge is 2.16. The first-order valence-corrected chi connectivity index (χ1v) is 12.0. The van der Waals surface area contributed by atoms with E-state index in [0.29, 0.717) is 11.3 Å². The van der Waals surface area contributed by atoms with Crippen molar-refractivity contribution in [3.8, 4) is 5.75 Å². The minimum atomic E-state index is -3.89. The van der Waals surface area contributed by atoms with E-state index < -0.39 is 10.1 Å². The van der Waals surface area contributed by atoms with Gasteiger partial charge in [0, 0.05) is 5.75 Å². The lowest BCUT2D eigenvalue weighted by Gasteiger charge is -2.07. The van der Waals surface area contributed by atoms with Gasteiger partial charge < -0.3 is 4.18 Å². The molecule has 31 heavy (non-hydrogen) atoms. The van der Waals surface area contributed by atoms with Crippen molar-refractivity contribution in [1.29, 1.82) is 0 Å². The highest BCUT2D eigenvalue weighted by molar-refractivity contribution is 7.99. The van der Waals surface area contributed by atoms with Gasteiger partial charge in [0.15, 0.2) is 0 Å². The topological polar surface area (TPSA) is 84.8 Å². The monoisotopic (exact) mass is 454 g/mol. The smallest absolute Gasteiger partial charge is 0.339 e. The molecule has 0 bridgehead atoms. The number of amides is 1. The van der Waals surface area contributed by atoms with Crippen LogP contribution in [0.1, 0.15) is 16.7 Å². The lowest BCUT2D eigenvalue weighted by molar-refractivity contribution is -0.118. The van der Waals surface area contributed by atoms with Gasteiger partial charge in [-0.15, -0.1) is 11.8 Å². The van der Waals surface area contributed by atoms with Gasteiger partial charge in [0.2, 0.25) is 5.91 Å². The van der Waals surface area contributed by atoms with Gasteiger partial charge in [-0.2, -0.15) is 13.5 Å². The number of hydrogen-bond acceptors (Lipinski definition) is 6. The second kappa shape index (κ2) is 10.8. The molecule has 0 aliphatic heterocycles. The fourth-order valence-corrected chi connectivity index (χ4v) is 4.25. The Hall–Kier alpha value is -3.10. The van der Waals surface area contributed by atoms with Crippen molar-refractivity contribution in [2.75, 3.05) is 5.75 Å². The number of carbonyl (C=O) groups excluding carboxylic acids is 1. The summed E-state index contributed by atoms with van der Waals surface area (Å²) in [6.45, 7) is 1.88. The molecule has 0 aliphatic rings. The third kappa shape index (κ3) is 7.27. The molecule has 0 saturated heterocycles. The molecule has 0 atom stereocenters. The first-order valence-electron chi connectivity index (χ1n) is 9.47. The van der Waals surface area contributed by atoms with E-state index >= 15 is 0 Å². The summed E-state index contributed by atoms with van der Waals surface area (Å²) in [5.41, 5.74) is 5.30. The molecule has 3 aromatic carbocycles. The van der Waals surface area contributed by atoms with E-state index in [9.17, 15) is 13.2 Å². The van der Waals surface area contributed by atoms with Gasteiger partial charge in [0.25, 0.3) is 0 Å². The number of nitrogens with one attached hydrogen (secondary N) is 1. The number of carbonyl (C=O) groups is 1. The molecule has 0 heterocycles. The van der Waals surface area contributed by atoms with Crippen molar-refractivity contribution in [1.82, 2.24) is 5.43 Å². The standard InChI is InChI=1S/C23H22N2O4S2/c1-18-7-13-22(14-8-18)31(27,28)29-21-11-9-19(10-12-21)15-24-25-23(26)17-30-16-20-5-3-2-4-6-20/h2-15H,16-17H2,1H3,(H,25,26)/b24-15+. The van der Waals surface area contributed by atoms with Gasteiger partial charge in [-0.3, -0.25) is 4.79 Å². The van der Waals surface area contributed by atoms with Gasteiger partial charge in [0.1, 0.15) is 10.6 Å². The number of hydrazone groups is 1. The van der Waals surface area contributed by atoms with E-state index in [1.54, 1.807) is 24.3 Å². The third-order valence-electron chi connectivity index (χ3n) is 4.14. The number of benzene rings is 3. The van der Waals surface area contributed by atoms with Gasteiger partial charge in [0.05, 0.1) is 12.0 Å². The molecule has 1 amide bonds. The van der Waals surface area contributed by atoms with Crippen LogP contribution in [-0.4, -0.2) is 26.3 Å². The van der Waals surface area contributed by atoms with Crippen LogP contribution in [0.5, 0.6) is 5.75 Å². The summed E-state index contributed by atoms with van der Waals surface area (Å²) in [5.74, 6) is 1.06. The highest BCUT2D eigenvalue weighted by atomic mass is 32.2. The van der Waals surface area contributed by atoms with E-state index in [-0.39, 0.29) is 16.6 Å². The quantitative estimate of drug-likeness (QED) is 0.298. The van der Waals surface area contributed by atoms with Crippen molar-refractivity contribution in [2.24, 2.45) is 5.10 Å². The number of aryl methyl sites for hydroxylation is 1. The van der Waals surface area contributed by atoms with Crippen LogP contribution in [0.4, 0.5) is 0 Å². The Bertz CT molecular complexity index is 1130. The minimum absolute atomic E-state index is 0.0941. The SMILES string of the molecule is Cc1ccc(S(=O)(=O)Oc2ccc(/C=N/NC(=O)CSCc3ccccc3)cc2)cc1. The Morgan fingerprint density at radius 1 is 1.00 bits per heavy atom. The zero-order valence-corrected chi connectivity index (χ0v) is 18.5. The summed E-state index contributed by atoms with van der Waals surface area (Å²) < 4.78 is 29.8. The van der Waals surface area contributed by atoms with E-state index in [1.165, 1.54) is 42.2 Å². The van der Waals surface area contributed by atoms with Crippen LogP contribution >= 0.6 is 11.8 Å². The molecule has 0 spiro atoms. The fraction of sp³-hybridized carbons (Fsp3) is 0.130. The molecule has 3 rings (SSSR count). The summed E-state index contributed by atoms with van der Waals surface area (Å²) in [6, 6.07) is 22.7. The zero-order chi connectivity index (χ0) is 22.1. The van der Waals surface area contributed by atoms with Gasteiger partial charge in [-0.25, -0.2) is 5.43 Å². The normalized spacial score (nSPS) is 11.4. The Kier molecular flexibility index (Phi) is 7.86. The zero-order valence-electron chi connectivity index (χ0n) is 16.9. The van der Waals surface area contributed by atoms with Gasteiger partial charge >= 0.3 is 10.1 Å². The van der Waals surface area contributed by atoms with Gasteiger partial charge in [-0.1, -0.05) is 48.0 Å². The second-order valence-electron chi connectivity index (χ2n) is 6.69. The summed E-state index contributed by atoms with van der Waals surface area (Å²) in [6.07, 6.45) is 1.48. The number of hydrogen-bond donors (Lipinski definition) is 1. The molecule has 160 valence electrons. The lowest BCUT2D eigenvalue weighted by atomic mass is 10.2. The van der Waals surface area contributed by atoms with Crippen molar-refractivity contribution in [2.45, 2.75) is 17.6 Å². The maximum absolute atomic E-state index is 12.3. The average Bonchev–Trinajstić information content (AvgIpc) is 2.76. The Balaban J connectivity index is 1.46. The third-order valence-corrected chi connectivity index (χ3v) is 6.41. The molecule has 0 fully saturated rings. The lowest BCUT2D eigenvalue weighted by Crippen LogP contribution is -2.19. The molecule has 0 radical (unpaired) electrons. The van der Waals surface area contributed by atoms with Crippen LogP contribution < -0.4 is 9.61 Å². The Morgan fingerprint density at radius 3 is 2.35 bits per heavy atom.